The molecule has 2 rings (SSSR count). The fourth-order valence-electron chi connectivity index (χ4n) is 2.20. The summed E-state index contributed by atoms with van der Waals surface area (Å²) in [7, 11) is 3.34. The van der Waals surface area contributed by atoms with E-state index in [-0.39, 0.29) is 36.9 Å². The number of hydrogen-bond acceptors (Lipinski definition) is 5. The smallest absolute Gasteiger partial charge is 0.259 e. The van der Waals surface area contributed by atoms with Crippen LogP contribution in [0.2, 0.25) is 0 Å². The van der Waals surface area contributed by atoms with Gasteiger partial charge in [0.2, 0.25) is 0 Å². The first-order chi connectivity index (χ1) is 11.0. The van der Waals surface area contributed by atoms with Gasteiger partial charge < -0.3 is 25.4 Å². The monoisotopic (exact) mass is 357 g/mol. The first kappa shape index (κ1) is 20.2. The van der Waals surface area contributed by atoms with E-state index in [1.54, 1.807) is 38.4 Å². The third-order valence-corrected chi connectivity index (χ3v) is 3.65. The van der Waals surface area contributed by atoms with Crippen molar-refractivity contribution in [1.29, 1.82) is 0 Å². The van der Waals surface area contributed by atoms with Gasteiger partial charge in [-0.25, -0.2) is 0 Å². The molecule has 0 saturated carbocycles. The molecular formula is C16H24ClN3O4. The van der Waals surface area contributed by atoms with Gasteiger partial charge in [0.1, 0.15) is 11.9 Å². The Labute approximate surface area is 147 Å². The molecule has 0 aliphatic carbocycles. The van der Waals surface area contributed by atoms with E-state index in [1.807, 2.05) is 0 Å². The number of ether oxygens (including phenoxy) is 2. The zero-order valence-corrected chi connectivity index (χ0v) is 14.7. The Morgan fingerprint density at radius 2 is 1.96 bits per heavy atom. The van der Waals surface area contributed by atoms with Crippen LogP contribution in [0.15, 0.2) is 24.3 Å². The summed E-state index contributed by atoms with van der Waals surface area (Å²) < 4.78 is 10.9. The van der Waals surface area contributed by atoms with E-state index in [4.69, 9.17) is 15.2 Å². The molecule has 7 nitrogen and oxygen atoms in total. The fourth-order valence-corrected chi connectivity index (χ4v) is 2.20. The number of carbonyl (C=O) groups is 2. The molecule has 0 bridgehead atoms. The molecule has 1 aliphatic rings. The maximum absolute atomic E-state index is 12.1. The maximum Gasteiger partial charge on any atom is 0.259 e. The molecule has 0 aromatic heterocycles. The lowest BCUT2D eigenvalue weighted by atomic mass is 10.2. The van der Waals surface area contributed by atoms with Gasteiger partial charge in [-0.3, -0.25) is 9.59 Å². The van der Waals surface area contributed by atoms with Gasteiger partial charge in [-0.2, -0.15) is 0 Å². The highest BCUT2D eigenvalue weighted by Crippen LogP contribution is 2.21. The van der Waals surface area contributed by atoms with E-state index in [0.29, 0.717) is 24.4 Å². The molecule has 2 atom stereocenters. The summed E-state index contributed by atoms with van der Waals surface area (Å²) >= 11 is 0. The van der Waals surface area contributed by atoms with Crippen molar-refractivity contribution in [2.75, 3.05) is 32.6 Å². The van der Waals surface area contributed by atoms with Crippen LogP contribution >= 0.6 is 12.4 Å². The number of halogens is 1. The first-order valence-corrected chi connectivity index (χ1v) is 7.59. The molecule has 8 heteroatoms. The van der Waals surface area contributed by atoms with E-state index < -0.39 is 6.10 Å². The van der Waals surface area contributed by atoms with Crippen molar-refractivity contribution in [3.8, 4) is 5.75 Å². The number of amides is 2. The Kier molecular flexibility index (Phi) is 7.97. The molecule has 0 unspecified atom stereocenters. The molecule has 1 saturated heterocycles. The van der Waals surface area contributed by atoms with Crippen molar-refractivity contribution in [3.63, 3.8) is 0 Å². The number of rotatable bonds is 6. The average molecular weight is 358 g/mol. The lowest BCUT2D eigenvalue weighted by Crippen LogP contribution is -2.29. The summed E-state index contributed by atoms with van der Waals surface area (Å²) in [6.45, 7) is 0.413. The first-order valence-electron chi connectivity index (χ1n) is 7.59. The van der Waals surface area contributed by atoms with Crippen molar-refractivity contribution in [2.24, 2.45) is 5.73 Å². The van der Waals surface area contributed by atoms with Crippen molar-refractivity contribution in [2.45, 2.75) is 25.0 Å². The van der Waals surface area contributed by atoms with Crippen molar-refractivity contribution >= 4 is 29.9 Å². The molecule has 0 spiro atoms. The minimum absolute atomic E-state index is 0. The number of likely N-dealkylation sites (N-methyl/N-ethyl adjacent to an activating group) is 1. The standard InChI is InChI=1S/C16H23N3O4.ClH/c1-19(2)15(20)10-22-12-5-3-11(4-6-12)18-16(21)14-8-7-13(9-17)23-14;/h3-6,13-14H,7-10,17H2,1-2H3,(H,18,21);1H/t13-,14+;/m1./s1. The molecule has 1 fully saturated rings. The number of anilines is 1. The number of carbonyl (C=O) groups excluding carboxylic acids is 2. The van der Waals surface area contributed by atoms with E-state index in [9.17, 15) is 9.59 Å². The van der Waals surface area contributed by atoms with Crippen LogP contribution in [0.3, 0.4) is 0 Å². The Bertz CT molecular complexity index is 551. The highest BCUT2D eigenvalue weighted by molar-refractivity contribution is 5.94. The summed E-state index contributed by atoms with van der Waals surface area (Å²) in [6.07, 6.45) is 1.01. The van der Waals surface area contributed by atoms with E-state index in [0.717, 1.165) is 6.42 Å². The van der Waals surface area contributed by atoms with E-state index in [2.05, 4.69) is 5.32 Å². The van der Waals surface area contributed by atoms with Gasteiger partial charge in [-0.15, -0.1) is 12.4 Å². The number of hydrogen-bond donors (Lipinski definition) is 2. The molecule has 24 heavy (non-hydrogen) atoms. The third-order valence-electron chi connectivity index (χ3n) is 3.65. The molecule has 0 radical (unpaired) electrons. The minimum Gasteiger partial charge on any atom is -0.484 e. The zero-order chi connectivity index (χ0) is 16.8. The zero-order valence-electron chi connectivity index (χ0n) is 13.9. The Hall–Kier alpha value is -1.83. The number of nitrogens with one attached hydrogen (secondary N) is 1. The van der Waals surface area contributed by atoms with Crippen LogP contribution in [0, 0.1) is 0 Å². The van der Waals surface area contributed by atoms with Crippen LogP contribution in [0.4, 0.5) is 5.69 Å². The van der Waals surface area contributed by atoms with Gasteiger partial charge in [0.25, 0.3) is 11.8 Å². The van der Waals surface area contributed by atoms with Crippen LogP contribution in [0.1, 0.15) is 12.8 Å². The topological polar surface area (TPSA) is 93.9 Å². The predicted molar refractivity (Wildman–Crippen MR) is 93.5 cm³/mol. The second kappa shape index (κ2) is 9.46. The largest absolute Gasteiger partial charge is 0.484 e. The summed E-state index contributed by atoms with van der Waals surface area (Å²) in [6, 6.07) is 6.86. The van der Waals surface area contributed by atoms with Crippen LogP contribution in [0.25, 0.3) is 0 Å². The summed E-state index contributed by atoms with van der Waals surface area (Å²) in [5.74, 6) is 0.283. The Balaban J connectivity index is 0.00000288. The van der Waals surface area contributed by atoms with Crippen LogP contribution < -0.4 is 15.8 Å². The Morgan fingerprint density at radius 1 is 1.29 bits per heavy atom. The summed E-state index contributed by atoms with van der Waals surface area (Å²) in [5.41, 5.74) is 6.19. The fraction of sp³-hybridized carbons (Fsp3) is 0.500. The van der Waals surface area contributed by atoms with Gasteiger partial charge in [-0.1, -0.05) is 0 Å². The molecule has 1 aromatic rings. The van der Waals surface area contributed by atoms with Crippen LogP contribution in [-0.4, -0.2) is 56.2 Å². The lowest BCUT2D eigenvalue weighted by molar-refractivity contribution is -0.130. The van der Waals surface area contributed by atoms with Gasteiger partial charge >= 0.3 is 0 Å². The van der Waals surface area contributed by atoms with Crippen LogP contribution in [0.5, 0.6) is 5.75 Å². The molecule has 1 aromatic carbocycles. The third kappa shape index (κ3) is 5.67. The molecule has 3 N–H and O–H groups in total. The average Bonchev–Trinajstić information content (AvgIpc) is 3.03. The summed E-state index contributed by atoms with van der Waals surface area (Å²) in [4.78, 5) is 25.0. The van der Waals surface area contributed by atoms with Crippen LogP contribution in [-0.2, 0) is 14.3 Å². The SMILES string of the molecule is CN(C)C(=O)COc1ccc(NC(=O)[C@@H]2CC[C@H](CN)O2)cc1.Cl. The predicted octanol–water partition coefficient (Wildman–Crippen LogP) is 1.02. The maximum atomic E-state index is 12.1. The van der Waals surface area contributed by atoms with Crippen molar-refractivity contribution < 1.29 is 19.1 Å². The molecule has 134 valence electrons. The second-order valence-corrected chi connectivity index (χ2v) is 5.65. The van der Waals surface area contributed by atoms with E-state index in [1.165, 1.54) is 4.90 Å². The van der Waals surface area contributed by atoms with Gasteiger partial charge in [-0.05, 0) is 37.1 Å². The van der Waals surface area contributed by atoms with Crippen molar-refractivity contribution in [3.05, 3.63) is 24.3 Å². The van der Waals surface area contributed by atoms with Gasteiger partial charge in [0, 0.05) is 26.3 Å². The lowest BCUT2D eigenvalue weighted by Gasteiger charge is -2.13. The highest BCUT2D eigenvalue weighted by Gasteiger charge is 2.29. The molecular weight excluding hydrogens is 334 g/mol. The number of nitrogens with two attached hydrogens (primary N) is 1. The molecule has 1 heterocycles. The second-order valence-electron chi connectivity index (χ2n) is 5.65. The van der Waals surface area contributed by atoms with Gasteiger partial charge in [0.15, 0.2) is 6.61 Å². The summed E-state index contributed by atoms with van der Waals surface area (Å²) in [5, 5.41) is 2.80. The highest BCUT2D eigenvalue weighted by atomic mass is 35.5. The molecule has 1 aliphatic heterocycles. The van der Waals surface area contributed by atoms with E-state index >= 15 is 0 Å². The van der Waals surface area contributed by atoms with Gasteiger partial charge in [0.05, 0.1) is 6.10 Å². The normalized spacial score (nSPS) is 19.3. The Morgan fingerprint density at radius 3 is 2.50 bits per heavy atom. The van der Waals surface area contributed by atoms with Crippen molar-refractivity contribution in [1.82, 2.24) is 4.90 Å². The quantitative estimate of drug-likeness (QED) is 0.792. The molecule has 2 amide bonds. The number of nitrogens with zero attached hydrogens (tertiary/aromatic N) is 1. The minimum atomic E-state index is -0.447. The number of benzene rings is 1.